The first-order chi connectivity index (χ1) is 15.6. The average Bonchev–Trinajstić information content (AvgIpc) is 3.34. The van der Waals surface area contributed by atoms with Gasteiger partial charge in [-0.25, -0.2) is 9.97 Å². The fraction of sp³-hybridized carbons (Fsp3) is 0.0833. The molecule has 0 fully saturated rings. The van der Waals surface area contributed by atoms with E-state index in [9.17, 15) is 9.59 Å². The molecular formula is C24H21N5O3. The molecule has 0 spiro atoms. The van der Waals surface area contributed by atoms with Gasteiger partial charge in [-0.3, -0.25) is 9.59 Å². The molecule has 4 N–H and O–H groups in total. The molecule has 0 aliphatic rings. The zero-order valence-corrected chi connectivity index (χ0v) is 17.1. The molecule has 8 nitrogen and oxygen atoms in total. The van der Waals surface area contributed by atoms with Crippen molar-refractivity contribution < 1.29 is 14.3 Å². The second kappa shape index (κ2) is 9.57. The van der Waals surface area contributed by atoms with Gasteiger partial charge >= 0.3 is 0 Å². The normalized spacial score (nSPS) is 11.5. The van der Waals surface area contributed by atoms with Gasteiger partial charge in [0.2, 0.25) is 17.7 Å². The summed E-state index contributed by atoms with van der Waals surface area (Å²) in [6, 6.07) is 19.6. The van der Waals surface area contributed by atoms with Crippen molar-refractivity contribution >= 4 is 17.5 Å². The number of H-pyrrole nitrogens is 1. The van der Waals surface area contributed by atoms with E-state index in [1.54, 1.807) is 42.7 Å². The Labute approximate surface area is 184 Å². The number of pyridine rings is 1. The third kappa shape index (κ3) is 5.17. The number of ether oxygens (including phenoxy) is 1. The molecule has 0 aliphatic heterocycles. The van der Waals surface area contributed by atoms with Crippen molar-refractivity contribution in [2.75, 3.05) is 5.32 Å². The Morgan fingerprint density at radius 1 is 1.03 bits per heavy atom. The number of aromatic nitrogens is 3. The third-order valence-electron chi connectivity index (χ3n) is 4.80. The standard InChI is InChI=1S/C24H21N5O3/c25-23(31)17-7-4-8-19(13-17)32-22-10-9-18(15-28-22)29-21(30)14-20(24-26-11-12-27-24)16-5-2-1-3-6-16/h1-13,15,20H,14H2,(H2,25,31)(H,26,27)(H,29,30). The Kier molecular flexibility index (Phi) is 6.22. The number of carbonyl (C=O) groups is 2. The zero-order chi connectivity index (χ0) is 22.3. The van der Waals surface area contributed by atoms with Crippen molar-refractivity contribution in [2.45, 2.75) is 12.3 Å². The van der Waals surface area contributed by atoms with Crippen molar-refractivity contribution in [1.29, 1.82) is 0 Å². The highest BCUT2D eigenvalue weighted by atomic mass is 16.5. The molecule has 0 bridgehead atoms. The second-order valence-corrected chi connectivity index (χ2v) is 7.07. The number of hydrogen-bond donors (Lipinski definition) is 3. The van der Waals surface area contributed by atoms with Crippen LogP contribution >= 0.6 is 0 Å². The van der Waals surface area contributed by atoms with Gasteiger partial charge < -0.3 is 20.8 Å². The number of benzene rings is 2. The van der Waals surface area contributed by atoms with Crippen LogP contribution in [0, 0.1) is 0 Å². The highest BCUT2D eigenvalue weighted by molar-refractivity contribution is 5.93. The Balaban J connectivity index is 1.41. The zero-order valence-electron chi connectivity index (χ0n) is 17.1. The van der Waals surface area contributed by atoms with Gasteiger partial charge in [0.05, 0.1) is 17.8 Å². The molecule has 2 aromatic heterocycles. The lowest BCUT2D eigenvalue weighted by Gasteiger charge is -2.15. The second-order valence-electron chi connectivity index (χ2n) is 7.07. The first-order valence-electron chi connectivity index (χ1n) is 9.96. The summed E-state index contributed by atoms with van der Waals surface area (Å²) in [6.07, 6.45) is 5.14. The summed E-state index contributed by atoms with van der Waals surface area (Å²) < 4.78 is 5.66. The number of aromatic amines is 1. The lowest BCUT2D eigenvalue weighted by atomic mass is 9.94. The highest BCUT2D eigenvalue weighted by Gasteiger charge is 2.20. The van der Waals surface area contributed by atoms with Gasteiger partial charge in [0, 0.05) is 30.4 Å². The lowest BCUT2D eigenvalue weighted by molar-refractivity contribution is -0.116. The molecule has 2 heterocycles. The number of hydrogen-bond acceptors (Lipinski definition) is 5. The molecule has 0 aliphatic carbocycles. The molecular weight excluding hydrogens is 406 g/mol. The summed E-state index contributed by atoms with van der Waals surface area (Å²) in [4.78, 5) is 35.7. The van der Waals surface area contributed by atoms with Crippen LogP contribution in [-0.4, -0.2) is 26.8 Å². The van der Waals surface area contributed by atoms with Gasteiger partial charge in [-0.1, -0.05) is 36.4 Å². The minimum absolute atomic E-state index is 0.167. The van der Waals surface area contributed by atoms with Crippen molar-refractivity contribution in [3.63, 3.8) is 0 Å². The van der Waals surface area contributed by atoms with Crippen LogP contribution in [0.4, 0.5) is 5.69 Å². The molecule has 160 valence electrons. The molecule has 0 saturated heterocycles. The van der Waals surface area contributed by atoms with E-state index >= 15 is 0 Å². The van der Waals surface area contributed by atoms with Gasteiger partial charge in [0.25, 0.3) is 0 Å². The maximum atomic E-state index is 12.7. The fourth-order valence-corrected chi connectivity index (χ4v) is 3.27. The molecule has 1 unspecified atom stereocenters. The SMILES string of the molecule is NC(=O)c1cccc(Oc2ccc(NC(=O)CC(c3ccccc3)c3ncc[nH]3)cn2)c1. The van der Waals surface area contributed by atoms with Crippen LogP contribution in [-0.2, 0) is 4.79 Å². The maximum absolute atomic E-state index is 12.7. The van der Waals surface area contributed by atoms with Crippen molar-refractivity contribution in [3.05, 3.63) is 102 Å². The number of imidazole rings is 1. The number of carbonyl (C=O) groups excluding carboxylic acids is 2. The van der Waals surface area contributed by atoms with Crippen molar-refractivity contribution in [3.8, 4) is 11.6 Å². The smallest absolute Gasteiger partial charge is 0.248 e. The van der Waals surface area contributed by atoms with Crippen LogP contribution in [0.5, 0.6) is 11.6 Å². The minimum Gasteiger partial charge on any atom is -0.439 e. The van der Waals surface area contributed by atoms with Gasteiger partial charge in [-0.2, -0.15) is 0 Å². The number of nitrogens with two attached hydrogens (primary N) is 1. The molecule has 1 atom stereocenters. The highest BCUT2D eigenvalue weighted by Crippen LogP contribution is 2.26. The predicted molar refractivity (Wildman–Crippen MR) is 119 cm³/mol. The third-order valence-corrected chi connectivity index (χ3v) is 4.80. The first-order valence-corrected chi connectivity index (χ1v) is 9.96. The van der Waals surface area contributed by atoms with Crippen LogP contribution in [0.3, 0.4) is 0 Å². The summed E-state index contributed by atoms with van der Waals surface area (Å²) in [5, 5.41) is 2.86. The number of amides is 2. The summed E-state index contributed by atoms with van der Waals surface area (Å²) in [5.41, 5.74) is 7.17. The lowest BCUT2D eigenvalue weighted by Crippen LogP contribution is -2.17. The van der Waals surface area contributed by atoms with E-state index in [4.69, 9.17) is 10.5 Å². The number of nitrogens with one attached hydrogen (secondary N) is 2. The fourth-order valence-electron chi connectivity index (χ4n) is 3.27. The minimum atomic E-state index is -0.537. The molecule has 0 radical (unpaired) electrons. The number of nitrogens with zero attached hydrogens (tertiary/aromatic N) is 2. The maximum Gasteiger partial charge on any atom is 0.248 e. The number of anilines is 1. The number of primary amides is 1. The Morgan fingerprint density at radius 2 is 1.88 bits per heavy atom. The summed E-state index contributed by atoms with van der Waals surface area (Å²) in [5.74, 6) is 0.590. The molecule has 4 aromatic rings. The van der Waals surface area contributed by atoms with Gasteiger partial charge in [-0.05, 0) is 29.8 Å². The van der Waals surface area contributed by atoms with Crippen molar-refractivity contribution in [1.82, 2.24) is 15.0 Å². The Morgan fingerprint density at radius 3 is 2.56 bits per heavy atom. The van der Waals surface area contributed by atoms with Gasteiger partial charge in [0.1, 0.15) is 11.6 Å². The monoisotopic (exact) mass is 427 g/mol. The van der Waals surface area contributed by atoms with E-state index in [1.807, 2.05) is 30.3 Å². The summed E-state index contributed by atoms with van der Waals surface area (Å²) >= 11 is 0. The molecule has 0 saturated carbocycles. The van der Waals surface area contributed by atoms with Crippen LogP contribution in [0.25, 0.3) is 0 Å². The Hall–Kier alpha value is -4.46. The first kappa shape index (κ1) is 20.8. The molecule has 8 heteroatoms. The van der Waals surface area contributed by atoms with Gasteiger partial charge in [-0.15, -0.1) is 0 Å². The molecule has 4 rings (SSSR count). The van der Waals surface area contributed by atoms with E-state index in [-0.39, 0.29) is 18.2 Å². The predicted octanol–water partition coefficient (Wildman–Crippen LogP) is 3.86. The summed E-state index contributed by atoms with van der Waals surface area (Å²) in [6.45, 7) is 0. The van der Waals surface area contributed by atoms with E-state index in [1.165, 1.54) is 12.3 Å². The Bertz CT molecular complexity index is 1190. The topological polar surface area (TPSA) is 123 Å². The van der Waals surface area contributed by atoms with Crippen LogP contribution in [0.2, 0.25) is 0 Å². The van der Waals surface area contributed by atoms with Crippen LogP contribution < -0.4 is 15.8 Å². The average molecular weight is 427 g/mol. The molecule has 2 amide bonds. The molecule has 2 aromatic carbocycles. The van der Waals surface area contributed by atoms with E-state index in [2.05, 4.69) is 20.3 Å². The largest absolute Gasteiger partial charge is 0.439 e. The van der Waals surface area contributed by atoms with E-state index < -0.39 is 5.91 Å². The quantitative estimate of drug-likeness (QED) is 0.394. The number of rotatable bonds is 8. The van der Waals surface area contributed by atoms with Gasteiger partial charge in [0.15, 0.2) is 0 Å². The summed E-state index contributed by atoms with van der Waals surface area (Å²) in [7, 11) is 0. The van der Waals surface area contributed by atoms with Crippen molar-refractivity contribution in [2.24, 2.45) is 5.73 Å². The molecule has 32 heavy (non-hydrogen) atoms. The van der Waals surface area contributed by atoms with Crippen LogP contribution in [0.15, 0.2) is 85.3 Å². The van der Waals surface area contributed by atoms with Crippen LogP contribution in [0.1, 0.15) is 34.1 Å². The van der Waals surface area contributed by atoms with E-state index in [0.717, 1.165) is 11.4 Å². The van der Waals surface area contributed by atoms with E-state index in [0.29, 0.717) is 22.9 Å².